The van der Waals surface area contributed by atoms with E-state index in [0.717, 1.165) is 40.9 Å². The first-order valence-corrected chi connectivity index (χ1v) is 13.1. The Morgan fingerprint density at radius 1 is 0.868 bits per heavy atom. The van der Waals surface area contributed by atoms with Crippen molar-refractivity contribution in [2.45, 2.75) is 19.4 Å². The van der Waals surface area contributed by atoms with Gasteiger partial charge in [0.1, 0.15) is 17.2 Å². The highest BCUT2D eigenvalue weighted by atomic mass is 35.5. The van der Waals surface area contributed by atoms with Gasteiger partial charge in [-0.05, 0) is 60.9 Å². The maximum absolute atomic E-state index is 12.4. The normalized spacial score (nSPS) is 12.8. The lowest BCUT2D eigenvalue weighted by molar-refractivity contribution is 0.125. The van der Waals surface area contributed by atoms with E-state index in [1.54, 1.807) is 31.6 Å². The Morgan fingerprint density at radius 3 is 2.26 bits per heavy atom. The molecule has 0 fully saturated rings. The number of fused-ring (bicyclic) bond motifs is 1. The molecular formula is C32H30ClN3O2. The first kappa shape index (κ1) is 25.7. The van der Waals surface area contributed by atoms with E-state index < -0.39 is 5.60 Å². The summed E-state index contributed by atoms with van der Waals surface area (Å²) in [4.78, 5) is 11.6. The second-order valence-corrected chi connectivity index (χ2v) is 9.51. The highest BCUT2D eigenvalue weighted by molar-refractivity contribution is 6.30. The number of aromatic nitrogens is 2. The standard InChI is InChI=1S/C32H30ClN3O2/c1-4-36(5-2)31-29(22-11-7-6-8-12-22)30(38-3)27-20-24(16-17-28(27)35-31)32(37,25-14-10-18-34-21-25)23-13-9-15-26(33)19-23/h6-21,37H,4-5H2,1-3H3. The molecule has 2 heterocycles. The Kier molecular flexibility index (Phi) is 7.32. The van der Waals surface area contributed by atoms with Crippen molar-refractivity contribution < 1.29 is 9.84 Å². The second-order valence-electron chi connectivity index (χ2n) is 9.08. The maximum Gasteiger partial charge on any atom is 0.142 e. The minimum absolute atomic E-state index is 0.542. The molecule has 0 aliphatic rings. The SMILES string of the molecule is CCN(CC)c1nc2ccc(C(O)(c3cccnc3)c3cccc(Cl)c3)cc2c(OC)c1-c1ccccc1. The minimum atomic E-state index is -1.50. The Hall–Kier alpha value is -3.93. The fourth-order valence-electron chi connectivity index (χ4n) is 5.07. The summed E-state index contributed by atoms with van der Waals surface area (Å²) in [5.74, 6) is 1.58. The first-order valence-electron chi connectivity index (χ1n) is 12.7. The molecule has 5 nitrogen and oxygen atoms in total. The molecule has 0 saturated carbocycles. The van der Waals surface area contributed by atoms with Crippen molar-refractivity contribution in [3.63, 3.8) is 0 Å². The van der Waals surface area contributed by atoms with Gasteiger partial charge in [-0.1, -0.05) is 66.2 Å². The number of aliphatic hydroxyl groups is 1. The van der Waals surface area contributed by atoms with Crippen LogP contribution in [0.1, 0.15) is 30.5 Å². The number of ether oxygens (including phenoxy) is 1. The van der Waals surface area contributed by atoms with Crippen LogP contribution in [0.15, 0.2) is 97.3 Å². The molecule has 1 atom stereocenters. The fourth-order valence-corrected chi connectivity index (χ4v) is 5.26. The third kappa shape index (κ3) is 4.49. The molecule has 0 aliphatic carbocycles. The van der Waals surface area contributed by atoms with Gasteiger partial charge in [-0.15, -0.1) is 0 Å². The van der Waals surface area contributed by atoms with Gasteiger partial charge in [0.15, 0.2) is 0 Å². The lowest BCUT2D eigenvalue weighted by atomic mass is 9.80. The van der Waals surface area contributed by atoms with Gasteiger partial charge in [0.25, 0.3) is 0 Å². The van der Waals surface area contributed by atoms with Crippen molar-refractivity contribution in [2.24, 2.45) is 0 Å². The Balaban J connectivity index is 1.83. The zero-order valence-corrected chi connectivity index (χ0v) is 22.5. The summed E-state index contributed by atoms with van der Waals surface area (Å²) < 4.78 is 6.11. The predicted molar refractivity (Wildman–Crippen MR) is 155 cm³/mol. The summed E-state index contributed by atoms with van der Waals surface area (Å²) in [7, 11) is 1.68. The van der Waals surface area contributed by atoms with Gasteiger partial charge in [-0.2, -0.15) is 0 Å². The number of anilines is 1. The first-order chi connectivity index (χ1) is 18.5. The monoisotopic (exact) mass is 523 g/mol. The Labute approximate surface area is 228 Å². The van der Waals surface area contributed by atoms with Gasteiger partial charge < -0.3 is 14.7 Å². The molecule has 3 aromatic carbocycles. The van der Waals surface area contributed by atoms with Gasteiger partial charge in [0, 0.05) is 41.5 Å². The van der Waals surface area contributed by atoms with Crippen LogP contribution in [0.4, 0.5) is 5.82 Å². The molecule has 1 N–H and O–H groups in total. The number of benzene rings is 3. The lowest BCUT2D eigenvalue weighted by Gasteiger charge is -2.31. The zero-order valence-electron chi connectivity index (χ0n) is 21.7. The highest BCUT2D eigenvalue weighted by Gasteiger charge is 2.35. The summed E-state index contributed by atoms with van der Waals surface area (Å²) in [5.41, 5.74) is 3.17. The van der Waals surface area contributed by atoms with Crippen molar-refractivity contribution in [2.75, 3.05) is 25.1 Å². The molecule has 5 rings (SSSR count). The van der Waals surface area contributed by atoms with Crippen LogP contribution in [0.5, 0.6) is 5.75 Å². The fraction of sp³-hybridized carbons (Fsp3) is 0.188. The van der Waals surface area contributed by atoms with Crippen molar-refractivity contribution in [3.05, 3.63) is 119 Å². The lowest BCUT2D eigenvalue weighted by Crippen LogP contribution is -2.29. The number of halogens is 1. The largest absolute Gasteiger partial charge is 0.495 e. The molecule has 0 spiro atoms. The van der Waals surface area contributed by atoms with E-state index in [-0.39, 0.29) is 0 Å². The minimum Gasteiger partial charge on any atom is -0.495 e. The van der Waals surface area contributed by atoms with Crippen molar-refractivity contribution in [1.29, 1.82) is 0 Å². The maximum atomic E-state index is 12.4. The smallest absolute Gasteiger partial charge is 0.142 e. The van der Waals surface area contributed by atoms with E-state index in [4.69, 9.17) is 21.3 Å². The van der Waals surface area contributed by atoms with Crippen LogP contribution in [-0.4, -0.2) is 35.3 Å². The van der Waals surface area contributed by atoms with Crippen LogP contribution in [0.25, 0.3) is 22.0 Å². The van der Waals surface area contributed by atoms with Crippen molar-refractivity contribution >= 4 is 28.3 Å². The Bertz CT molecular complexity index is 1560. The third-order valence-corrected chi connectivity index (χ3v) is 7.22. The quantitative estimate of drug-likeness (QED) is 0.235. The van der Waals surface area contributed by atoms with Gasteiger partial charge >= 0.3 is 0 Å². The van der Waals surface area contributed by atoms with Crippen molar-refractivity contribution in [3.8, 4) is 16.9 Å². The molecule has 5 aromatic rings. The zero-order chi connectivity index (χ0) is 26.7. The summed E-state index contributed by atoms with van der Waals surface area (Å²) >= 11 is 6.37. The van der Waals surface area contributed by atoms with E-state index in [0.29, 0.717) is 27.5 Å². The van der Waals surface area contributed by atoms with E-state index in [2.05, 4.69) is 35.9 Å². The van der Waals surface area contributed by atoms with Crippen LogP contribution in [0.3, 0.4) is 0 Å². The Morgan fingerprint density at radius 2 is 1.61 bits per heavy atom. The third-order valence-electron chi connectivity index (χ3n) is 6.99. The molecule has 0 aliphatic heterocycles. The number of nitrogens with zero attached hydrogens (tertiary/aromatic N) is 3. The molecule has 0 radical (unpaired) electrons. The number of methoxy groups -OCH3 is 1. The second kappa shape index (κ2) is 10.8. The molecule has 0 bridgehead atoms. The van der Waals surface area contributed by atoms with Crippen LogP contribution >= 0.6 is 11.6 Å². The number of rotatable bonds is 8. The average Bonchev–Trinajstić information content (AvgIpc) is 2.97. The van der Waals surface area contributed by atoms with Crippen LogP contribution in [0, 0.1) is 0 Å². The van der Waals surface area contributed by atoms with Crippen LogP contribution in [-0.2, 0) is 5.60 Å². The summed E-state index contributed by atoms with van der Waals surface area (Å²) in [5, 5.41) is 13.8. The van der Waals surface area contributed by atoms with Crippen LogP contribution in [0.2, 0.25) is 5.02 Å². The van der Waals surface area contributed by atoms with E-state index in [1.165, 1.54) is 0 Å². The van der Waals surface area contributed by atoms with Gasteiger partial charge in [0.2, 0.25) is 0 Å². The molecular weight excluding hydrogens is 494 g/mol. The predicted octanol–water partition coefficient (Wildman–Crippen LogP) is 7.09. The summed E-state index contributed by atoms with van der Waals surface area (Å²) in [6, 6.07) is 27.0. The highest BCUT2D eigenvalue weighted by Crippen LogP contribution is 2.45. The number of hydrogen-bond acceptors (Lipinski definition) is 5. The van der Waals surface area contributed by atoms with E-state index in [1.807, 2.05) is 60.7 Å². The van der Waals surface area contributed by atoms with Crippen molar-refractivity contribution in [1.82, 2.24) is 9.97 Å². The van der Waals surface area contributed by atoms with Crippen LogP contribution < -0.4 is 9.64 Å². The summed E-state index contributed by atoms with van der Waals surface area (Å²) in [6.07, 6.45) is 3.37. The molecule has 6 heteroatoms. The van der Waals surface area contributed by atoms with E-state index >= 15 is 0 Å². The van der Waals surface area contributed by atoms with Gasteiger partial charge in [0.05, 0.1) is 18.2 Å². The van der Waals surface area contributed by atoms with E-state index in [9.17, 15) is 5.11 Å². The molecule has 38 heavy (non-hydrogen) atoms. The topological polar surface area (TPSA) is 58.5 Å². The summed E-state index contributed by atoms with van der Waals surface area (Å²) in [6.45, 7) is 5.87. The molecule has 192 valence electrons. The van der Waals surface area contributed by atoms with Gasteiger partial charge in [-0.25, -0.2) is 4.98 Å². The number of pyridine rings is 2. The van der Waals surface area contributed by atoms with Gasteiger partial charge in [-0.3, -0.25) is 4.98 Å². The molecule has 0 saturated heterocycles. The average molecular weight is 524 g/mol. The molecule has 1 unspecified atom stereocenters. The number of hydrogen-bond donors (Lipinski definition) is 1. The molecule has 2 aromatic heterocycles. The molecule has 0 amide bonds.